The van der Waals surface area contributed by atoms with Gasteiger partial charge in [-0.15, -0.1) is 0 Å². The quantitative estimate of drug-likeness (QED) is 0.190. The Hall–Kier alpha value is -3.39. The van der Waals surface area contributed by atoms with Crippen molar-refractivity contribution in [3.63, 3.8) is 0 Å². The molecule has 0 saturated heterocycles. The van der Waals surface area contributed by atoms with Gasteiger partial charge in [-0.05, 0) is 68.4 Å². The zero-order chi connectivity index (χ0) is 24.6. The maximum absolute atomic E-state index is 11.3. The van der Waals surface area contributed by atoms with Crippen molar-refractivity contribution in [3.05, 3.63) is 60.2 Å². The summed E-state index contributed by atoms with van der Waals surface area (Å²) in [7, 11) is 0. The van der Waals surface area contributed by atoms with E-state index in [1.807, 2.05) is 54.6 Å². The molecule has 2 unspecified atom stereocenters. The van der Waals surface area contributed by atoms with E-state index in [9.17, 15) is 19.5 Å². The lowest BCUT2D eigenvalue weighted by molar-refractivity contribution is -0.152. The topological polar surface area (TPSA) is 119 Å². The van der Waals surface area contributed by atoms with Crippen molar-refractivity contribution in [1.82, 2.24) is 0 Å². The first-order chi connectivity index (χ1) is 16.5. The van der Waals surface area contributed by atoms with Crippen molar-refractivity contribution in [1.29, 1.82) is 0 Å². The fourth-order valence-corrected chi connectivity index (χ4v) is 3.25. The summed E-state index contributed by atoms with van der Waals surface area (Å²) in [5.41, 5.74) is 1.05. The number of rotatable bonds is 18. The van der Waals surface area contributed by atoms with Gasteiger partial charge in [0.25, 0.3) is 0 Å². The number of ether oxygens (including phenoxy) is 3. The molecule has 0 aliphatic heterocycles. The predicted octanol–water partition coefficient (Wildman–Crippen LogP) is 4.01. The van der Waals surface area contributed by atoms with Gasteiger partial charge in [0.15, 0.2) is 6.10 Å². The number of unbranched alkanes of at least 4 members (excludes halogenated alkanes) is 1. The van der Waals surface area contributed by atoms with Gasteiger partial charge in [-0.25, -0.2) is 4.79 Å². The van der Waals surface area contributed by atoms with Crippen molar-refractivity contribution in [2.24, 2.45) is 5.92 Å². The van der Waals surface area contributed by atoms with Crippen LogP contribution in [0.2, 0.25) is 0 Å². The standard InChI is InChI=1S/C26H32O8/c27-19-21(25(28)29)13-14-24(26(30)31)34-17-7-9-20-8-6-12-23(18-20)33-16-5-4-15-32-22-10-2-1-3-11-22/h1-3,6,8,10-12,18-19,21,24H,4-5,7,9,13-17H2,(H,28,29)(H,30,31). The Bertz CT molecular complexity index is 883. The third-order valence-electron chi connectivity index (χ3n) is 5.14. The number of aryl methyl sites for hydroxylation is 1. The Morgan fingerprint density at radius 2 is 1.47 bits per heavy atom. The number of hydrogen-bond donors (Lipinski definition) is 2. The van der Waals surface area contributed by atoms with Gasteiger partial charge >= 0.3 is 11.9 Å². The zero-order valence-corrected chi connectivity index (χ0v) is 19.1. The third-order valence-corrected chi connectivity index (χ3v) is 5.14. The maximum Gasteiger partial charge on any atom is 0.332 e. The molecule has 0 heterocycles. The third kappa shape index (κ3) is 10.5. The van der Waals surface area contributed by atoms with E-state index in [2.05, 4.69) is 0 Å². The van der Waals surface area contributed by atoms with Crippen LogP contribution in [0.5, 0.6) is 11.5 Å². The number of aldehydes is 1. The van der Waals surface area contributed by atoms with Crippen LogP contribution in [0.4, 0.5) is 0 Å². The molecule has 0 fully saturated rings. The van der Waals surface area contributed by atoms with Crippen molar-refractivity contribution in [3.8, 4) is 11.5 Å². The second-order valence-corrected chi connectivity index (χ2v) is 7.82. The molecule has 0 amide bonds. The van der Waals surface area contributed by atoms with Crippen molar-refractivity contribution < 1.29 is 38.8 Å². The van der Waals surface area contributed by atoms with E-state index in [0.29, 0.717) is 32.3 Å². The van der Waals surface area contributed by atoms with Gasteiger partial charge in [-0.1, -0.05) is 30.3 Å². The molecule has 34 heavy (non-hydrogen) atoms. The minimum absolute atomic E-state index is 0.0370. The van der Waals surface area contributed by atoms with E-state index in [1.165, 1.54) is 0 Å². The minimum atomic E-state index is -1.26. The van der Waals surface area contributed by atoms with Crippen LogP contribution >= 0.6 is 0 Å². The van der Waals surface area contributed by atoms with E-state index in [4.69, 9.17) is 19.3 Å². The molecule has 0 aliphatic carbocycles. The number of para-hydroxylation sites is 1. The molecule has 8 heteroatoms. The highest BCUT2D eigenvalue weighted by Gasteiger charge is 2.23. The summed E-state index contributed by atoms with van der Waals surface area (Å²) in [6.07, 6.45) is 2.10. The molecule has 0 spiro atoms. The predicted molar refractivity (Wildman–Crippen MR) is 125 cm³/mol. The largest absolute Gasteiger partial charge is 0.494 e. The van der Waals surface area contributed by atoms with Crippen LogP contribution in [0.15, 0.2) is 54.6 Å². The second kappa shape index (κ2) is 15.4. The Morgan fingerprint density at radius 3 is 2.12 bits per heavy atom. The number of carboxylic acid groups (broad SMARTS) is 2. The lowest BCUT2D eigenvalue weighted by Crippen LogP contribution is -2.27. The number of hydrogen-bond acceptors (Lipinski definition) is 6. The Labute approximate surface area is 199 Å². The lowest BCUT2D eigenvalue weighted by Gasteiger charge is -2.14. The summed E-state index contributed by atoms with van der Waals surface area (Å²) in [6.45, 7) is 1.43. The first-order valence-corrected chi connectivity index (χ1v) is 11.4. The molecule has 0 bridgehead atoms. The first-order valence-electron chi connectivity index (χ1n) is 11.4. The number of benzene rings is 2. The van der Waals surface area contributed by atoms with Gasteiger partial charge in [-0.3, -0.25) is 4.79 Å². The molecule has 0 aromatic heterocycles. The van der Waals surface area contributed by atoms with Crippen LogP contribution in [-0.4, -0.2) is 54.4 Å². The summed E-state index contributed by atoms with van der Waals surface area (Å²) in [4.78, 5) is 33.0. The number of aliphatic carboxylic acids is 2. The summed E-state index contributed by atoms with van der Waals surface area (Å²) in [6, 6.07) is 17.4. The first kappa shape index (κ1) is 26.9. The molecule has 8 nitrogen and oxygen atoms in total. The molecule has 0 radical (unpaired) electrons. The molecule has 0 saturated carbocycles. The van der Waals surface area contributed by atoms with Gasteiger partial charge in [0.05, 0.1) is 13.2 Å². The van der Waals surface area contributed by atoms with Crippen molar-refractivity contribution in [2.75, 3.05) is 19.8 Å². The molecule has 2 aromatic carbocycles. The fraction of sp³-hybridized carbons (Fsp3) is 0.423. The molecular weight excluding hydrogens is 440 g/mol. The highest BCUT2D eigenvalue weighted by molar-refractivity contribution is 5.86. The molecule has 2 aromatic rings. The van der Waals surface area contributed by atoms with E-state index >= 15 is 0 Å². The highest BCUT2D eigenvalue weighted by atomic mass is 16.5. The van der Waals surface area contributed by atoms with E-state index in [0.717, 1.165) is 29.9 Å². The van der Waals surface area contributed by atoms with Gasteiger partial charge < -0.3 is 29.2 Å². The van der Waals surface area contributed by atoms with Crippen LogP contribution < -0.4 is 9.47 Å². The Kier molecular flexibility index (Phi) is 12.2. The average Bonchev–Trinajstić information content (AvgIpc) is 2.83. The lowest BCUT2D eigenvalue weighted by atomic mass is 10.0. The van der Waals surface area contributed by atoms with Gasteiger partial charge in [0.1, 0.15) is 23.7 Å². The van der Waals surface area contributed by atoms with Crippen LogP contribution in [0.3, 0.4) is 0 Å². The molecule has 0 aliphatic rings. The highest BCUT2D eigenvalue weighted by Crippen LogP contribution is 2.16. The normalized spacial score (nSPS) is 12.5. The molecule has 2 N–H and O–H groups in total. The Balaban J connectivity index is 1.63. The van der Waals surface area contributed by atoms with Crippen LogP contribution in [0, 0.1) is 5.92 Å². The van der Waals surface area contributed by atoms with Crippen LogP contribution in [0.25, 0.3) is 0 Å². The second-order valence-electron chi connectivity index (χ2n) is 7.82. The van der Waals surface area contributed by atoms with Crippen molar-refractivity contribution in [2.45, 2.75) is 44.6 Å². The van der Waals surface area contributed by atoms with Crippen molar-refractivity contribution >= 4 is 18.2 Å². The van der Waals surface area contributed by atoms with E-state index in [-0.39, 0.29) is 19.4 Å². The molecular formula is C26H32O8. The van der Waals surface area contributed by atoms with Crippen LogP contribution in [-0.2, 0) is 25.5 Å². The van der Waals surface area contributed by atoms with E-state index < -0.39 is 24.0 Å². The summed E-state index contributed by atoms with van der Waals surface area (Å²) < 4.78 is 16.9. The minimum Gasteiger partial charge on any atom is -0.494 e. The molecule has 2 atom stereocenters. The zero-order valence-electron chi connectivity index (χ0n) is 19.1. The molecule has 2 rings (SSSR count). The summed E-state index contributed by atoms with van der Waals surface area (Å²) >= 11 is 0. The molecule has 184 valence electrons. The van der Waals surface area contributed by atoms with Crippen LogP contribution in [0.1, 0.15) is 37.7 Å². The van der Waals surface area contributed by atoms with E-state index in [1.54, 1.807) is 0 Å². The fourth-order valence-electron chi connectivity index (χ4n) is 3.25. The number of carbonyl (C=O) groups is 3. The summed E-state index contributed by atoms with van der Waals surface area (Å²) in [5.74, 6) is -2.01. The van der Waals surface area contributed by atoms with Gasteiger partial charge in [-0.2, -0.15) is 0 Å². The Morgan fingerprint density at radius 1 is 0.794 bits per heavy atom. The average molecular weight is 473 g/mol. The SMILES string of the molecule is O=CC(CCC(OCCCc1cccc(OCCCCOc2ccccc2)c1)C(=O)O)C(=O)O. The van der Waals surface area contributed by atoms with Gasteiger partial charge in [0, 0.05) is 6.61 Å². The monoisotopic (exact) mass is 472 g/mol. The summed E-state index contributed by atoms with van der Waals surface area (Å²) in [5, 5.41) is 18.1. The smallest absolute Gasteiger partial charge is 0.332 e. The number of carboxylic acids is 2. The maximum atomic E-state index is 11.3. The number of carbonyl (C=O) groups excluding carboxylic acids is 1. The van der Waals surface area contributed by atoms with Gasteiger partial charge in [0.2, 0.25) is 0 Å².